The van der Waals surface area contributed by atoms with Crippen molar-refractivity contribution in [3.8, 4) is 0 Å². The maximum absolute atomic E-state index is 9.55. The Bertz CT molecular complexity index is 300. The quantitative estimate of drug-likeness (QED) is 0.668. The maximum Gasteiger partial charge on any atom is 0.328 e. The fourth-order valence-electron chi connectivity index (χ4n) is 2.60. The standard InChI is InChI=1S/C10H20N2.C4H4O4/c1-2-8-12(9-3-1)10-4-6-11-7-5-10;5-3(6)1-2-4(7)8/h10-11H,1-9H2;1-2H,(H,5,6)(H,7,8)/b;2-1-. The Morgan fingerprint density at radius 3 is 1.90 bits per heavy atom. The summed E-state index contributed by atoms with van der Waals surface area (Å²) >= 11 is 0. The van der Waals surface area contributed by atoms with E-state index in [0.717, 1.165) is 6.04 Å². The first-order chi connectivity index (χ1) is 9.59. The van der Waals surface area contributed by atoms with Crippen LogP contribution in [0.15, 0.2) is 12.2 Å². The van der Waals surface area contributed by atoms with E-state index in [0.29, 0.717) is 12.2 Å². The fraction of sp³-hybridized carbons (Fsp3) is 0.714. The molecule has 20 heavy (non-hydrogen) atoms. The molecule has 0 aromatic heterocycles. The first-order valence-corrected chi connectivity index (χ1v) is 7.18. The van der Waals surface area contributed by atoms with Crippen molar-refractivity contribution in [2.45, 2.75) is 38.1 Å². The van der Waals surface area contributed by atoms with Gasteiger partial charge in [0, 0.05) is 18.2 Å². The van der Waals surface area contributed by atoms with Gasteiger partial charge in [0.25, 0.3) is 0 Å². The third kappa shape index (κ3) is 7.25. The number of rotatable bonds is 3. The summed E-state index contributed by atoms with van der Waals surface area (Å²) in [6.45, 7) is 5.21. The van der Waals surface area contributed by atoms with Gasteiger partial charge in [0.2, 0.25) is 0 Å². The van der Waals surface area contributed by atoms with Crippen molar-refractivity contribution in [3.05, 3.63) is 12.2 Å². The number of likely N-dealkylation sites (tertiary alicyclic amines) is 1. The highest BCUT2D eigenvalue weighted by atomic mass is 16.4. The molecule has 0 saturated carbocycles. The molecule has 2 saturated heterocycles. The van der Waals surface area contributed by atoms with Crippen LogP contribution in [0.1, 0.15) is 32.1 Å². The van der Waals surface area contributed by atoms with Crippen molar-refractivity contribution >= 4 is 11.9 Å². The third-order valence-electron chi connectivity index (χ3n) is 3.58. The van der Waals surface area contributed by atoms with Crippen LogP contribution in [-0.2, 0) is 9.59 Å². The average molecular weight is 284 g/mol. The van der Waals surface area contributed by atoms with Crippen LogP contribution in [0, 0.1) is 0 Å². The molecule has 2 aliphatic rings. The topological polar surface area (TPSA) is 89.9 Å². The Labute approximate surface area is 119 Å². The number of nitrogens with zero attached hydrogens (tertiary/aromatic N) is 1. The lowest BCUT2D eigenvalue weighted by molar-refractivity contribution is -0.134. The summed E-state index contributed by atoms with van der Waals surface area (Å²) in [5, 5.41) is 19.1. The van der Waals surface area contributed by atoms with E-state index in [1.165, 1.54) is 58.3 Å². The molecule has 0 aromatic rings. The first-order valence-electron chi connectivity index (χ1n) is 7.18. The minimum Gasteiger partial charge on any atom is -0.478 e. The molecule has 2 heterocycles. The van der Waals surface area contributed by atoms with Gasteiger partial charge in [0.15, 0.2) is 0 Å². The lowest BCUT2D eigenvalue weighted by Gasteiger charge is -2.36. The highest BCUT2D eigenvalue weighted by Crippen LogP contribution is 2.17. The van der Waals surface area contributed by atoms with Crippen LogP contribution in [0.4, 0.5) is 0 Å². The molecule has 2 fully saturated rings. The number of carbonyl (C=O) groups is 2. The highest BCUT2D eigenvalue weighted by Gasteiger charge is 2.21. The molecule has 0 amide bonds. The SMILES string of the molecule is C1CCN(C2CCNCC2)CC1.O=C(O)/C=C\C(=O)O. The van der Waals surface area contributed by atoms with E-state index in [-0.39, 0.29) is 0 Å². The summed E-state index contributed by atoms with van der Waals surface area (Å²) in [6.07, 6.45) is 8.19. The Morgan fingerprint density at radius 1 is 0.950 bits per heavy atom. The van der Waals surface area contributed by atoms with E-state index >= 15 is 0 Å². The van der Waals surface area contributed by atoms with Crippen LogP contribution < -0.4 is 5.32 Å². The molecular weight excluding hydrogens is 260 g/mol. The Hall–Kier alpha value is -1.40. The predicted octanol–water partition coefficient (Wildman–Crippen LogP) is 0.936. The second kappa shape index (κ2) is 9.50. The molecule has 3 N–H and O–H groups in total. The number of hydrogen-bond donors (Lipinski definition) is 3. The van der Waals surface area contributed by atoms with Gasteiger partial charge in [0.1, 0.15) is 0 Å². The van der Waals surface area contributed by atoms with Crippen LogP contribution in [0.2, 0.25) is 0 Å². The number of piperidine rings is 2. The summed E-state index contributed by atoms with van der Waals surface area (Å²) in [5.74, 6) is -2.51. The van der Waals surface area contributed by atoms with Crippen molar-refractivity contribution in [2.24, 2.45) is 0 Å². The van der Waals surface area contributed by atoms with E-state index < -0.39 is 11.9 Å². The Morgan fingerprint density at radius 2 is 1.45 bits per heavy atom. The van der Waals surface area contributed by atoms with Crippen molar-refractivity contribution in [1.29, 1.82) is 0 Å². The second-order valence-corrected chi connectivity index (χ2v) is 5.09. The van der Waals surface area contributed by atoms with Gasteiger partial charge < -0.3 is 20.4 Å². The second-order valence-electron chi connectivity index (χ2n) is 5.09. The van der Waals surface area contributed by atoms with E-state index in [1.807, 2.05) is 0 Å². The molecular formula is C14H24N2O4. The van der Waals surface area contributed by atoms with Crippen LogP contribution in [0.3, 0.4) is 0 Å². The van der Waals surface area contributed by atoms with Crippen LogP contribution in [0.25, 0.3) is 0 Å². The number of carboxylic acid groups (broad SMARTS) is 2. The average Bonchev–Trinajstić information content (AvgIpc) is 2.48. The van der Waals surface area contributed by atoms with Gasteiger partial charge in [-0.1, -0.05) is 6.42 Å². The van der Waals surface area contributed by atoms with Gasteiger partial charge in [-0.05, 0) is 51.9 Å². The van der Waals surface area contributed by atoms with Gasteiger partial charge in [0.05, 0.1) is 0 Å². The summed E-state index contributed by atoms with van der Waals surface area (Å²) in [7, 11) is 0. The van der Waals surface area contributed by atoms with Crippen LogP contribution >= 0.6 is 0 Å². The summed E-state index contributed by atoms with van der Waals surface area (Å²) in [6, 6.07) is 0.909. The zero-order valence-electron chi connectivity index (χ0n) is 11.8. The predicted molar refractivity (Wildman–Crippen MR) is 75.7 cm³/mol. The summed E-state index contributed by atoms with van der Waals surface area (Å²) < 4.78 is 0. The zero-order chi connectivity index (χ0) is 14.8. The van der Waals surface area contributed by atoms with E-state index in [1.54, 1.807) is 0 Å². The van der Waals surface area contributed by atoms with E-state index in [9.17, 15) is 9.59 Å². The van der Waals surface area contributed by atoms with Gasteiger partial charge >= 0.3 is 11.9 Å². The lowest BCUT2D eigenvalue weighted by Crippen LogP contribution is -2.45. The zero-order valence-corrected chi connectivity index (χ0v) is 11.8. The molecule has 0 bridgehead atoms. The van der Waals surface area contributed by atoms with E-state index in [4.69, 9.17) is 10.2 Å². The highest BCUT2D eigenvalue weighted by molar-refractivity contribution is 5.89. The molecule has 0 radical (unpaired) electrons. The monoisotopic (exact) mass is 284 g/mol. The minimum absolute atomic E-state index is 0.558. The molecule has 0 aliphatic carbocycles. The third-order valence-corrected chi connectivity index (χ3v) is 3.58. The molecule has 6 nitrogen and oxygen atoms in total. The Balaban J connectivity index is 0.000000221. The molecule has 114 valence electrons. The van der Waals surface area contributed by atoms with Crippen molar-refractivity contribution in [1.82, 2.24) is 10.2 Å². The smallest absolute Gasteiger partial charge is 0.328 e. The number of carboxylic acids is 2. The lowest BCUT2D eigenvalue weighted by atomic mass is 10.0. The molecule has 0 aromatic carbocycles. The number of aliphatic carboxylic acids is 2. The molecule has 0 spiro atoms. The van der Waals surface area contributed by atoms with Crippen molar-refractivity contribution in [2.75, 3.05) is 26.2 Å². The minimum atomic E-state index is -1.26. The van der Waals surface area contributed by atoms with Crippen molar-refractivity contribution < 1.29 is 19.8 Å². The van der Waals surface area contributed by atoms with E-state index in [2.05, 4.69) is 10.2 Å². The van der Waals surface area contributed by atoms with Crippen LogP contribution in [0.5, 0.6) is 0 Å². The van der Waals surface area contributed by atoms with Crippen molar-refractivity contribution in [3.63, 3.8) is 0 Å². The molecule has 0 unspecified atom stereocenters. The normalized spacial score (nSPS) is 21.2. The van der Waals surface area contributed by atoms with Gasteiger partial charge in [-0.3, -0.25) is 0 Å². The molecule has 6 heteroatoms. The summed E-state index contributed by atoms with van der Waals surface area (Å²) in [5.41, 5.74) is 0. The summed E-state index contributed by atoms with van der Waals surface area (Å²) in [4.78, 5) is 21.8. The molecule has 2 aliphatic heterocycles. The largest absolute Gasteiger partial charge is 0.478 e. The van der Waals surface area contributed by atoms with Crippen LogP contribution in [-0.4, -0.2) is 59.3 Å². The fourth-order valence-corrected chi connectivity index (χ4v) is 2.60. The number of nitrogens with one attached hydrogen (secondary N) is 1. The maximum atomic E-state index is 9.55. The molecule has 0 atom stereocenters. The van der Waals surface area contributed by atoms with Gasteiger partial charge in [-0.15, -0.1) is 0 Å². The van der Waals surface area contributed by atoms with Gasteiger partial charge in [-0.25, -0.2) is 9.59 Å². The number of hydrogen-bond acceptors (Lipinski definition) is 4. The Kier molecular flexibility index (Phi) is 7.91. The van der Waals surface area contributed by atoms with Gasteiger partial charge in [-0.2, -0.15) is 0 Å². The first kappa shape index (κ1) is 16.7. The molecule has 2 rings (SSSR count).